The molecule has 6 atom stereocenters. The monoisotopic (exact) mass is 268 g/mol. The second-order valence-corrected chi connectivity index (χ2v) is 7.21. The molecule has 2 saturated heterocycles. The van der Waals surface area contributed by atoms with Crippen molar-refractivity contribution in [3.05, 3.63) is 0 Å². The van der Waals surface area contributed by atoms with E-state index >= 15 is 0 Å². The molecule has 2 aliphatic rings. The molecule has 2 fully saturated rings. The molecule has 2 heterocycles. The van der Waals surface area contributed by atoms with Crippen LogP contribution >= 0.6 is 0 Å². The van der Waals surface area contributed by atoms with E-state index in [-0.39, 0.29) is 0 Å². The number of rotatable bonds is 0. The number of likely N-dealkylation sites (tertiary alicyclic amines) is 1. The van der Waals surface area contributed by atoms with Crippen LogP contribution in [0.3, 0.4) is 0 Å². The first kappa shape index (κ1) is 17.0. The van der Waals surface area contributed by atoms with Gasteiger partial charge in [-0.25, -0.2) is 0 Å². The van der Waals surface area contributed by atoms with Crippen LogP contribution in [0.4, 0.5) is 0 Å². The Bertz CT molecular complexity index is 230. The average molecular weight is 268 g/mol. The van der Waals surface area contributed by atoms with Gasteiger partial charge in [0.1, 0.15) is 0 Å². The minimum atomic E-state index is 0.730. The molecule has 6 unspecified atom stereocenters. The van der Waals surface area contributed by atoms with Crippen molar-refractivity contribution in [1.82, 2.24) is 10.2 Å². The topological polar surface area (TPSA) is 15.3 Å². The van der Waals surface area contributed by atoms with Gasteiger partial charge in [-0.05, 0) is 70.5 Å². The van der Waals surface area contributed by atoms with Gasteiger partial charge in [0.05, 0.1) is 0 Å². The van der Waals surface area contributed by atoms with E-state index in [2.05, 4.69) is 58.8 Å². The normalized spacial score (nSPS) is 44.4. The van der Waals surface area contributed by atoms with Crippen molar-refractivity contribution in [2.45, 2.75) is 66.5 Å². The van der Waals surface area contributed by atoms with Gasteiger partial charge in [-0.1, -0.05) is 27.7 Å². The summed E-state index contributed by atoms with van der Waals surface area (Å²) >= 11 is 0. The Morgan fingerprint density at radius 3 is 1.89 bits per heavy atom. The molecule has 2 nitrogen and oxygen atoms in total. The molecule has 0 bridgehead atoms. The molecule has 2 aliphatic heterocycles. The van der Waals surface area contributed by atoms with E-state index in [0.29, 0.717) is 0 Å². The Morgan fingerprint density at radius 2 is 1.42 bits per heavy atom. The maximum atomic E-state index is 3.46. The molecule has 0 radical (unpaired) electrons. The first-order valence-electron chi connectivity index (χ1n) is 8.28. The van der Waals surface area contributed by atoms with E-state index < -0.39 is 0 Å². The molecule has 0 aliphatic carbocycles. The lowest BCUT2D eigenvalue weighted by atomic mass is 9.83. The summed E-state index contributed by atoms with van der Waals surface area (Å²) in [5.41, 5.74) is 0. The van der Waals surface area contributed by atoms with Gasteiger partial charge < -0.3 is 10.2 Å². The molecular formula is C17H36N2. The van der Waals surface area contributed by atoms with Crippen LogP contribution in [-0.2, 0) is 0 Å². The van der Waals surface area contributed by atoms with E-state index in [1.54, 1.807) is 0 Å². The highest BCUT2D eigenvalue weighted by atomic mass is 15.1. The zero-order valence-corrected chi connectivity index (χ0v) is 14.2. The molecular weight excluding hydrogens is 232 g/mol. The lowest BCUT2D eigenvalue weighted by molar-refractivity contribution is 0.0999. The van der Waals surface area contributed by atoms with Crippen LogP contribution in [0.1, 0.15) is 54.4 Å². The number of hydrogen-bond acceptors (Lipinski definition) is 2. The molecule has 2 rings (SSSR count). The standard InChI is InChI=1S/C9H19N.C8H17N/c1-7-5-6-10(4)9(3)8(7)2;1-6-4-5-9-8(3)7(6)2/h7-9H,5-6H2,1-4H3;6-9H,4-5H2,1-3H3. The number of nitrogens with zero attached hydrogens (tertiary/aromatic N) is 1. The molecule has 2 heteroatoms. The first-order chi connectivity index (χ1) is 8.84. The first-order valence-corrected chi connectivity index (χ1v) is 8.28. The maximum absolute atomic E-state index is 3.46. The fraction of sp³-hybridized carbons (Fsp3) is 1.00. The SMILES string of the molecule is CC1CCN(C)C(C)C1C.CC1CCNC(C)C1C. The largest absolute Gasteiger partial charge is 0.314 e. The smallest absolute Gasteiger partial charge is 0.00920 e. The number of nitrogens with one attached hydrogen (secondary N) is 1. The van der Waals surface area contributed by atoms with Crippen LogP contribution in [0, 0.1) is 23.7 Å². The summed E-state index contributed by atoms with van der Waals surface area (Å²) < 4.78 is 0. The molecule has 0 aromatic heterocycles. The molecule has 0 spiro atoms. The highest BCUT2D eigenvalue weighted by molar-refractivity contribution is 4.80. The van der Waals surface area contributed by atoms with E-state index in [9.17, 15) is 0 Å². The molecule has 19 heavy (non-hydrogen) atoms. The summed E-state index contributed by atoms with van der Waals surface area (Å²) in [6.07, 6.45) is 2.73. The van der Waals surface area contributed by atoms with Gasteiger partial charge >= 0.3 is 0 Å². The lowest BCUT2D eigenvalue weighted by Gasteiger charge is -2.39. The summed E-state index contributed by atoms with van der Waals surface area (Å²) in [5, 5.41) is 3.46. The third kappa shape index (κ3) is 4.75. The van der Waals surface area contributed by atoms with Gasteiger partial charge in [-0.2, -0.15) is 0 Å². The van der Waals surface area contributed by atoms with Crippen LogP contribution in [0.25, 0.3) is 0 Å². The van der Waals surface area contributed by atoms with Crippen molar-refractivity contribution >= 4 is 0 Å². The molecule has 0 amide bonds. The molecule has 0 aromatic rings. The Hall–Kier alpha value is -0.0800. The van der Waals surface area contributed by atoms with Crippen molar-refractivity contribution in [2.75, 3.05) is 20.1 Å². The fourth-order valence-corrected chi connectivity index (χ4v) is 3.23. The predicted molar refractivity (Wildman–Crippen MR) is 85.4 cm³/mol. The Kier molecular flexibility index (Phi) is 6.82. The van der Waals surface area contributed by atoms with E-state index in [4.69, 9.17) is 0 Å². The van der Waals surface area contributed by atoms with Crippen molar-refractivity contribution in [3.63, 3.8) is 0 Å². The third-order valence-corrected chi connectivity index (χ3v) is 6.04. The van der Waals surface area contributed by atoms with Crippen molar-refractivity contribution < 1.29 is 0 Å². The summed E-state index contributed by atoms with van der Waals surface area (Å²) in [7, 11) is 2.23. The average Bonchev–Trinajstić information content (AvgIpc) is 2.39. The van der Waals surface area contributed by atoms with E-state index in [1.165, 1.54) is 25.9 Å². The van der Waals surface area contributed by atoms with Crippen LogP contribution < -0.4 is 5.32 Å². The third-order valence-electron chi connectivity index (χ3n) is 6.04. The molecule has 0 saturated carbocycles. The summed E-state index contributed by atoms with van der Waals surface area (Å²) in [6.45, 7) is 16.5. The summed E-state index contributed by atoms with van der Waals surface area (Å²) in [4.78, 5) is 2.46. The minimum Gasteiger partial charge on any atom is -0.314 e. The highest BCUT2D eigenvalue weighted by Crippen LogP contribution is 2.26. The van der Waals surface area contributed by atoms with Gasteiger partial charge in [0.15, 0.2) is 0 Å². The van der Waals surface area contributed by atoms with Gasteiger partial charge in [-0.3, -0.25) is 0 Å². The molecule has 1 N–H and O–H groups in total. The quantitative estimate of drug-likeness (QED) is 0.722. The maximum Gasteiger partial charge on any atom is 0.00920 e. The second kappa shape index (κ2) is 7.64. The van der Waals surface area contributed by atoms with Crippen molar-refractivity contribution in [1.29, 1.82) is 0 Å². The van der Waals surface area contributed by atoms with Crippen LogP contribution in [0.15, 0.2) is 0 Å². The van der Waals surface area contributed by atoms with E-state index in [1.807, 2.05) is 0 Å². The van der Waals surface area contributed by atoms with Crippen molar-refractivity contribution in [2.24, 2.45) is 23.7 Å². The molecule has 0 aromatic carbocycles. The molecule has 114 valence electrons. The predicted octanol–water partition coefficient (Wildman–Crippen LogP) is 3.62. The number of piperidine rings is 2. The van der Waals surface area contributed by atoms with Crippen molar-refractivity contribution in [3.8, 4) is 0 Å². The fourth-order valence-electron chi connectivity index (χ4n) is 3.23. The van der Waals surface area contributed by atoms with Gasteiger partial charge in [0.25, 0.3) is 0 Å². The highest BCUT2D eigenvalue weighted by Gasteiger charge is 2.26. The summed E-state index contributed by atoms with van der Waals surface area (Å²) in [5.74, 6) is 3.57. The second-order valence-electron chi connectivity index (χ2n) is 7.21. The zero-order valence-electron chi connectivity index (χ0n) is 14.2. The summed E-state index contributed by atoms with van der Waals surface area (Å²) in [6, 6.07) is 1.51. The van der Waals surface area contributed by atoms with Gasteiger partial charge in [0.2, 0.25) is 0 Å². The van der Waals surface area contributed by atoms with E-state index in [0.717, 1.165) is 35.8 Å². The minimum absolute atomic E-state index is 0.730. The van der Waals surface area contributed by atoms with Gasteiger partial charge in [0, 0.05) is 12.1 Å². The number of hydrogen-bond donors (Lipinski definition) is 1. The van der Waals surface area contributed by atoms with Crippen LogP contribution in [0.5, 0.6) is 0 Å². The van der Waals surface area contributed by atoms with Crippen LogP contribution in [-0.4, -0.2) is 37.1 Å². The lowest BCUT2D eigenvalue weighted by Crippen LogP contribution is -2.43. The Balaban J connectivity index is 0.000000191. The van der Waals surface area contributed by atoms with Crippen LogP contribution in [0.2, 0.25) is 0 Å². The van der Waals surface area contributed by atoms with Gasteiger partial charge in [-0.15, -0.1) is 0 Å². The Morgan fingerprint density at radius 1 is 0.842 bits per heavy atom. The zero-order chi connectivity index (χ0) is 14.6. The Labute approximate surface area is 121 Å².